The van der Waals surface area contributed by atoms with E-state index in [-0.39, 0.29) is 11.5 Å². The predicted octanol–water partition coefficient (Wildman–Crippen LogP) is 1.66. The number of fused-ring (bicyclic) bond motifs is 1. The van der Waals surface area contributed by atoms with Crippen molar-refractivity contribution in [1.29, 1.82) is 0 Å². The van der Waals surface area contributed by atoms with Gasteiger partial charge in [0.15, 0.2) is 0 Å². The summed E-state index contributed by atoms with van der Waals surface area (Å²) in [5, 5.41) is 12.2. The average Bonchev–Trinajstić information content (AvgIpc) is 2.87. The smallest absolute Gasteiger partial charge is 0.335 e. The first-order chi connectivity index (χ1) is 9.52. The van der Waals surface area contributed by atoms with Crippen molar-refractivity contribution in [3.05, 3.63) is 29.3 Å². The molecule has 20 heavy (non-hydrogen) atoms. The Bertz CT molecular complexity index is 528. The number of benzene rings is 1. The Kier molecular flexibility index (Phi) is 4.39. The van der Waals surface area contributed by atoms with Crippen LogP contribution in [0.3, 0.4) is 0 Å². The molecule has 0 aliphatic carbocycles. The molecule has 1 aliphatic heterocycles. The maximum Gasteiger partial charge on any atom is 0.335 e. The molecular formula is C15H20N2O3. The lowest BCUT2D eigenvalue weighted by molar-refractivity contribution is -0.117. The molecule has 0 spiro atoms. The second kappa shape index (κ2) is 6.05. The van der Waals surface area contributed by atoms with Crippen LogP contribution in [0.1, 0.15) is 36.2 Å². The van der Waals surface area contributed by atoms with Gasteiger partial charge in [0.2, 0.25) is 5.91 Å². The van der Waals surface area contributed by atoms with Crippen LogP contribution in [-0.2, 0) is 11.2 Å². The minimum atomic E-state index is -0.934. The van der Waals surface area contributed by atoms with Crippen molar-refractivity contribution in [3.63, 3.8) is 0 Å². The topological polar surface area (TPSA) is 69.6 Å². The van der Waals surface area contributed by atoms with Crippen LogP contribution in [0.5, 0.6) is 0 Å². The lowest BCUT2D eigenvalue weighted by Crippen LogP contribution is -2.40. The average molecular weight is 276 g/mol. The summed E-state index contributed by atoms with van der Waals surface area (Å²) in [5.74, 6) is -0.900. The number of carbonyl (C=O) groups excluding carboxylic acids is 1. The zero-order valence-corrected chi connectivity index (χ0v) is 11.8. The van der Waals surface area contributed by atoms with Crippen LogP contribution in [0.15, 0.2) is 18.2 Å². The van der Waals surface area contributed by atoms with Crippen LogP contribution in [0.4, 0.5) is 5.69 Å². The third kappa shape index (κ3) is 2.99. The quantitative estimate of drug-likeness (QED) is 0.858. The summed E-state index contributed by atoms with van der Waals surface area (Å²) in [7, 11) is 0. The number of hydrogen-bond donors (Lipinski definition) is 2. The fourth-order valence-corrected chi connectivity index (χ4v) is 2.30. The first-order valence-corrected chi connectivity index (χ1v) is 6.93. The number of carboxylic acids is 1. The SMILES string of the molecule is CCC(C)NCC(=O)N1CCc2cc(C(=O)O)ccc21. The molecule has 1 amide bonds. The largest absolute Gasteiger partial charge is 0.478 e. The Balaban J connectivity index is 2.08. The number of hydrogen-bond acceptors (Lipinski definition) is 3. The summed E-state index contributed by atoms with van der Waals surface area (Å²) in [6.45, 7) is 5.06. The highest BCUT2D eigenvalue weighted by Gasteiger charge is 2.25. The van der Waals surface area contributed by atoms with Crippen molar-refractivity contribution in [2.75, 3.05) is 18.0 Å². The molecule has 2 rings (SSSR count). The highest BCUT2D eigenvalue weighted by atomic mass is 16.4. The molecule has 108 valence electrons. The molecule has 0 radical (unpaired) electrons. The summed E-state index contributed by atoms with van der Waals surface area (Å²) in [5.41, 5.74) is 2.04. The number of nitrogens with zero attached hydrogens (tertiary/aromatic N) is 1. The first kappa shape index (κ1) is 14.5. The minimum Gasteiger partial charge on any atom is -0.478 e. The number of carbonyl (C=O) groups is 2. The molecule has 1 heterocycles. The highest BCUT2D eigenvalue weighted by Crippen LogP contribution is 2.28. The fourth-order valence-electron chi connectivity index (χ4n) is 2.30. The normalized spacial score (nSPS) is 15.0. The van der Waals surface area contributed by atoms with Crippen LogP contribution in [0.2, 0.25) is 0 Å². The molecule has 0 fully saturated rings. The third-order valence-corrected chi connectivity index (χ3v) is 3.74. The zero-order valence-electron chi connectivity index (χ0n) is 11.8. The molecule has 2 N–H and O–H groups in total. The molecule has 0 saturated heterocycles. The van der Waals surface area contributed by atoms with Gasteiger partial charge in [0.05, 0.1) is 12.1 Å². The van der Waals surface area contributed by atoms with Gasteiger partial charge in [0, 0.05) is 18.3 Å². The Morgan fingerprint density at radius 1 is 1.45 bits per heavy atom. The lowest BCUT2D eigenvalue weighted by Gasteiger charge is -2.19. The molecule has 1 aromatic carbocycles. The number of carboxylic acid groups (broad SMARTS) is 1. The monoisotopic (exact) mass is 276 g/mol. The van der Waals surface area contributed by atoms with Gasteiger partial charge in [-0.2, -0.15) is 0 Å². The second-order valence-corrected chi connectivity index (χ2v) is 5.13. The summed E-state index contributed by atoms with van der Waals surface area (Å²) in [4.78, 5) is 24.9. The lowest BCUT2D eigenvalue weighted by atomic mass is 10.1. The molecule has 5 nitrogen and oxygen atoms in total. The molecule has 0 aromatic heterocycles. The Labute approximate surface area is 118 Å². The molecule has 0 saturated carbocycles. The van der Waals surface area contributed by atoms with Crippen molar-refractivity contribution in [3.8, 4) is 0 Å². The molecular weight excluding hydrogens is 256 g/mol. The van der Waals surface area contributed by atoms with Crippen LogP contribution in [0, 0.1) is 0 Å². The number of nitrogens with one attached hydrogen (secondary N) is 1. The van der Waals surface area contributed by atoms with Gasteiger partial charge < -0.3 is 15.3 Å². The van der Waals surface area contributed by atoms with E-state index in [0.29, 0.717) is 25.6 Å². The number of amides is 1. The Morgan fingerprint density at radius 3 is 2.85 bits per heavy atom. The standard InChI is InChI=1S/C15H20N2O3/c1-3-10(2)16-9-14(18)17-7-6-11-8-12(15(19)20)4-5-13(11)17/h4-5,8,10,16H,3,6-7,9H2,1-2H3,(H,19,20). The van der Waals surface area contributed by atoms with E-state index >= 15 is 0 Å². The molecule has 1 atom stereocenters. The first-order valence-electron chi connectivity index (χ1n) is 6.93. The van der Waals surface area contributed by atoms with E-state index < -0.39 is 5.97 Å². The van der Waals surface area contributed by atoms with Gasteiger partial charge in [-0.1, -0.05) is 6.92 Å². The predicted molar refractivity (Wildman–Crippen MR) is 77.2 cm³/mol. The highest BCUT2D eigenvalue weighted by molar-refractivity contribution is 5.98. The van der Waals surface area contributed by atoms with E-state index in [1.54, 1.807) is 23.1 Å². The van der Waals surface area contributed by atoms with Gasteiger partial charge in [0.25, 0.3) is 0 Å². The second-order valence-electron chi connectivity index (χ2n) is 5.13. The van der Waals surface area contributed by atoms with Crippen LogP contribution in [-0.4, -0.2) is 36.1 Å². The van der Waals surface area contributed by atoms with E-state index in [1.165, 1.54) is 0 Å². The molecule has 1 aliphatic rings. The Hall–Kier alpha value is -1.88. The molecule has 1 aromatic rings. The molecule has 1 unspecified atom stereocenters. The van der Waals surface area contributed by atoms with E-state index in [9.17, 15) is 9.59 Å². The summed E-state index contributed by atoms with van der Waals surface area (Å²) in [6, 6.07) is 5.25. The van der Waals surface area contributed by atoms with Crippen molar-refractivity contribution in [2.45, 2.75) is 32.7 Å². The van der Waals surface area contributed by atoms with Gasteiger partial charge in [-0.15, -0.1) is 0 Å². The van der Waals surface area contributed by atoms with Crippen molar-refractivity contribution < 1.29 is 14.7 Å². The van der Waals surface area contributed by atoms with Crippen LogP contribution < -0.4 is 10.2 Å². The van der Waals surface area contributed by atoms with Crippen molar-refractivity contribution >= 4 is 17.6 Å². The Morgan fingerprint density at radius 2 is 2.20 bits per heavy atom. The maximum absolute atomic E-state index is 12.2. The van der Waals surface area contributed by atoms with Gasteiger partial charge in [-0.25, -0.2) is 4.79 Å². The fraction of sp³-hybridized carbons (Fsp3) is 0.467. The van der Waals surface area contributed by atoms with Gasteiger partial charge in [-0.05, 0) is 43.5 Å². The van der Waals surface area contributed by atoms with Gasteiger partial charge >= 0.3 is 5.97 Å². The van der Waals surface area contributed by atoms with Gasteiger partial charge in [-0.3, -0.25) is 4.79 Å². The zero-order chi connectivity index (χ0) is 14.7. The van der Waals surface area contributed by atoms with E-state index in [4.69, 9.17) is 5.11 Å². The van der Waals surface area contributed by atoms with Crippen molar-refractivity contribution in [1.82, 2.24) is 5.32 Å². The minimum absolute atomic E-state index is 0.0344. The van der Waals surface area contributed by atoms with E-state index in [0.717, 1.165) is 17.7 Å². The van der Waals surface area contributed by atoms with Gasteiger partial charge in [0.1, 0.15) is 0 Å². The summed E-state index contributed by atoms with van der Waals surface area (Å²) < 4.78 is 0. The van der Waals surface area contributed by atoms with Crippen molar-refractivity contribution in [2.24, 2.45) is 0 Å². The van der Waals surface area contributed by atoms with Crippen LogP contribution in [0.25, 0.3) is 0 Å². The molecule has 5 heteroatoms. The van der Waals surface area contributed by atoms with E-state index in [1.807, 2.05) is 6.92 Å². The number of anilines is 1. The van der Waals surface area contributed by atoms with E-state index in [2.05, 4.69) is 12.2 Å². The van der Waals surface area contributed by atoms with Crippen LogP contribution >= 0.6 is 0 Å². The molecule has 0 bridgehead atoms. The summed E-state index contributed by atoms with van der Waals surface area (Å²) in [6.07, 6.45) is 1.69. The number of rotatable bonds is 5. The summed E-state index contributed by atoms with van der Waals surface area (Å²) >= 11 is 0. The third-order valence-electron chi connectivity index (χ3n) is 3.74. The number of aromatic carboxylic acids is 1. The maximum atomic E-state index is 12.2.